The molecular formula is C18H20O4. The van der Waals surface area contributed by atoms with Gasteiger partial charge in [0.05, 0.1) is 0 Å². The molecule has 0 aliphatic rings. The van der Waals surface area contributed by atoms with E-state index in [0.29, 0.717) is 12.4 Å². The van der Waals surface area contributed by atoms with Crippen LogP contribution in [0, 0.1) is 13.8 Å². The summed E-state index contributed by atoms with van der Waals surface area (Å²) in [5.74, 6) is 0.357. The van der Waals surface area contributed by atoms with E-state index in [9.17, 15) is 4.79 Å². The molecule has 1 unspecified atom stereocenters. The molecule has 0 amide bonds. The summed E-state index contributed by atoms with van der Waals surface area (Å²) in [4.78, 5) is 10.9. The predicted octanol–water partition coefficient (Wildman–Crippen LogP) is 3.73. The molecular weight excluding hydrogens is 280 g/mol. The van der Waals surface area contributed by atoms with Gasteiger partial charge in [-0.25, -0.2) is 4.79 Å². The maximum atomic E-state index is 10.9. The quantitative estimate of drug-likeness (QED) is 0.883. The first kappa shape index (κ1) is 15.9. The zero-order chi connectivity index (χ0) is 16.1. The lowest BCUT2D eigenvalue weighted by atomic mass is 10.1. The first-order valence-corrected chi connectivity index (χ1v) is 7.15. The highest BCUT2D eigenvalue weighted by Gasteiger charge is 2.14. The van der Waals surface area contributed by atoms with Crippen LogP contribution >= 0.6 is 0 Å². The minimum absolute atomic E-state index is 0.494. The van der Waals surface area contributed by atoms with Gasteiger partial charge in [-0.3, -0.25) is 0 Å². The summed E-state index contributed by atoms with van der Waals surface area (Å²) < 4.78 is 11.3. The molecule has 4 nitrogen and oxygen atoms in total. The predicted molar refractivity (Wildman–Crippen MR) is 84.4 cm³/mol. The Morgan fingerprint density at radius 3 is 2.27 bits per heavy atom. The number of aliphatic carboxylic acids is 1. The summed E-state index contributed by atoms with van der Waals surface area (Å²) >= 11 is 0. The summed E-state index contributed by atoms with van der Waals surface area (Å²) in [7, 11) is 0. The van der Waals surface area contributed by atoms with Gasteiger partial charge in [-0.2, -0.15) is 0 Å². The molecule has 4 heteroatoms. The lowest BCUT2D eigenvalue weighted by molar-refractivity contribution is -0.144. The van der Waals surface area contributed by atoms with Crippen LogP contribution in [0.4, 0.5) is 0 Å². The van der Waals surface area contributed by atoms with Crippen molar-refractivity contribution in [3.63, 3.8) is 0 Å². The first-order chi connectivity index (χ1) is 10.5. The van der Waals surface area contributed by atoms with Gasteiger partial charge in [-0.05, 0) is 49.6 Å². The SMILES string of the molecule is Cc1cc(OC(C)C(=O)O)cc(C)c1OCc1ccccc1. The van der Waals surface area contributed by atoms with Gasteiger partial charge in [0.2, 0.25) is 0 Å². The van der Waals surface area contributed by atoms with Crippen LogP contribution in [0.2, 0.25) is 0 Å². The molecule has 0 radical (unpaired) electrons. The number of hydrogen-bond acceptors (Lipinski definition) is 3. The van der Waals surface area contributed by atoms with E-state index in [2.05, 4.69) is 0 Å². The van der Waals surface area contributed by atoms with Gasteiger partial charge in [0.1, 0.15) is 18.1 Å². The Balaban J connectivity index is 2.11. The van der Waals surface area contributed by atoms with E-state index in [4.69, 9.17) is 14.6 Å². The van der Waals surface area contributed by atoms with E-state index >= 15 is 0 Å². The molecule has 0 aliphatic heterocycles. The van der Waals surface area contributed by atoms with Crippen LogP contribution in [0.15, 0.2) is 42.5 Å². The fourth-order valence-electron chi connectivity index (χ4n) is 2.19. The minimum atomic E-state index is -0.986. The van der Waals surface area contributed by atoms with Crippen molar-refractivity contribution in [1.29, 1.82) is 0 Å². The number of carboxylic acids is 1. The van der Waals surface area contributed by atoms with Crippen molar-refractivity contribution in [2.75, 3.05) is 0 Å². The zero-order valence-corrected chi connectivity index (χ0v) is 13.0. The lowest BCUT2D eigenvalue weighted by Crippen LogP contribution is -2.22. The highest BCUT2D eigenvalue weighted by atomic mass is 16.5. The Bertz CT molecular complexity index is 626. The van der Waals surface area contributed by atoms with Crippen molar-refractivity contribution >= 4 is 5.97 Å². The molecule has 0 saturated carbocycles. The molecule has 0 heterocycles. The topological polar surface area (TPSA) is 55.8 Å². The fourth-order valence-corrected chi connectivity index (χ4v) is 2.19. The molecule has 0 aromatic heterocycles. The Kier molecular flexibility index (Phi) is 5.04. The van der Waals surface area contributed by atoms with Gasteiger partial charge in [-0.1, -0.05) is 30.3 Å². The molecule has 2 aromatic carbocycles. The van der Waals surface area contributed by atoms with Crippen molar-refractivity contribution in [2.45, 2.75) is 33.5 Å². The third kappa shape index (κ3) is 4.01. The molecule has 0 saturated heterocycles. The first-order valence-electron chi connectivity index (χ1n) is 7.15. The van der Waals surface area contributed by atoms with Crippen LogP contribution in [0.3, 0.4) is 0 Å². The van der Waals surface area contributed by atoms with Gasteiger partial charge in [0.25, 0.3) is 0 Å². The second kappa shape index (κ2) is 6.98. The summed E-state index contributed by atoms with van der Waals surface area (Å²) in [6, 6.07) is 13.5. The summed E-state index contributed by atoms with van der Waals surface area (Å²) in [5, 5.41) is 8.90. The molecule has 22 heavy (non-hydrogen) atoms. The van der Waals surface area contributed by atoms with Gasteiger partial charge in [-0.15, -0.1) is 0 Å². The van der Waals surface area contributed by atoms with E-state index in [1.807, 2.05) is 44.2 Å². The van der Waals surface area contributed by atoms with Crippen LogP contribution in [0.1, 0.15) is 23.6 Å². The summed E-state index contributed by atoms with van der Waals surface area (Å²) in [6.07, 6.45) is -0.880. The standard InChI is InChI=1S/C18H20O4/c1-12-9-16(22-14(3)18(19)20)10-13(2)17(12)21-11-15-7-5-4-6-8-15/h4-10,14H,11H2,1-3H3,(H,19,20). The molecule has 0 aliphatic carbocycles. The Hall–Kier alpha value is -2.49. The largest absolute Gasteiger partial charge is 0.488 e. The summed E-state index contributed by atoms with van der Waals surface area (Å²) in [6.45, 7) is 5.85. The maximum absolute atomic E-state index is 10.9. The number of rotatable bonds is 6. The molecule has 116 valence electrons. The molecule has 0 fully saturated rings. The van der Waals surface area contributed by atoms with Crippen LogP contribution in [0.5, 0.6) is 11.5 Å². The molecule has 0 spiro atoms. The second-order valence-corrected chi connectivity index (χ2v) is 5.26. The Morgan fingerprint density at radius 2 is 1.73 bits per heavy atom. The number of ether oxygens (including phenoxy) is 2. The normalized spacial score (nSPS) is 11.8. The molecule has 1 atom stereocenters. The van der Waals surface area contributed by atoms with Crippen molar-refractivity contribution in [3.8, 4) is 11.5 Å². The van der Waals surface area contributed by atoms with Gasteiger partial charge in [0, 0.05) is 0 Å². The highest BCUT2D eigenvalue weighted by Crippen LogP contribution is 2.29. The monoisotopic (exact) mass is 300 g/mol. The van der Waals surface area contributed by atoms with Gasteiger partial charge in [0.15, 0.2) is 6.10 Å². The third-order valence-electron chi connectivity index (χ3n) is 3.32. The van der Waals surface area contributed by atoms with E-state index in [1.54, 1.807) is 12.1 Å². The molecule has 2 aromatic rings. The van der Waals surface area contributed by atoms with Crippen LogP contribution in [-0.4, -0.2) is 17.2 Å². The van der Waals surface area contributed by atoms with Crippen molar-refractivity contribution in [3.05, 3.63) is 59.2 Å². The maximum Gasteiger partial charge on any atom is 0.344 e. The van der Waals surface area contributed by atoms with Crippen molar-refractivity contribution in [2.24, 2.45) is 0 Å². The molecule has 1 N–H and O–H groups in total. The number of carboxylic acid groups (broad SMARTS) is 1. The average Bonchev–Trinajstić information content (AvgIpc) is 2.47. The molecule has 2 rings (SSSR count). The van der Waals surface area contributed by atoms with E-state index < -0.39 is 12.1 Å². The van der Waals surface area contributed by atoms with E-state index in [1.165, 1.54) is 6.92 Å². The average molecular weight is 300 g/mol. The number of carbonyl (C=O) groups is 1. The van der Waals surface area contributed by atoms with Crippen LogP contribution < -0.4 is 9.47 Å². The van der Waals surface area contributed by atoms with Crippen LogP contribution in [0.25, 0.3) is 0 Å². The highest BCUT2D eigenvalue weighted by molar-refractivity contribution is 5.72. The smallest absolute Gasteiger partial charge is 0.344 e. The Labute approximate surface area is 130 Å². The third-order valence-corrected chi connectivity index (χ3v) is 3.32. The van der Waals surface area contributed by atoms with E-state index in [-0.39, 0.29) is 0 Å². The fraction of sp³-hybridized carbons (Fsp3) is 0.278. The van der Waals surface area contributed by atoms with E-state index in [0.717, 1.165) is 22.4 Å². The van der Waals surface area contributed by atoms with Gasteiger partial charge >= 0.3 is 5.97 Å². The van der Waals surface area contributed by atoms with Gasteiger partial charge < -0.3 is 14.6 Å². The zero-order valence-electron chi connectivity index (χ0n) is 13.0. The number of aryl methyl sites for hydroxylation is 2. The number of benzene rings is 2. The van der Waals surface area contributed by atoms with Crippen molar-refractivity contribution < 1.29 is 19.4 Å². The second-order valence-electron chi connectivity index (χ2n) is 5.26. The minimum Gasteiger partial charge on any atom is -0.488 e. The van der Waals surface area contributed by atoms with Crippen LogP contribution in [-0.2, 0) is 11.4 Å². The summed E-state index contributed by atoms with van der Waals surface area (Å²) in [5.41, 5.74) is 2.94. The lowest BCUT2D eigenvalue weighted by Gasteiger charge is -2.16. The molecule has 0 bridgehead atoms. The Morgan fingerprint density at radius 1 is 1.14 bits per heavy atom. The number of hydrogen-bond donors (Lipinski definition) is 1. The van der Waals surface area contributed by atoms with Crippen molar-refractivity contribution in [1.82, 2.24) is 0 Å².